The van der Waals surface area contributed by atoms with Crippen LogP contribution in [-0.4, -0.2) is 26.8 Å². The fraction of sp³-hybridized carbons (Fsp3) is 0.400. The number of nitrogens with one attached hydrogen (secondary N) is 1. The number of benzene rings is 1. The zero-order valence-electron chi connectivity index (χ0n) is 9.19. The maximum Gasteiger partial charge on any atom is 0.279 e. The Morgan fingerprint density at radius 2 is 2.00 bits per heavy atom. The largest absolute Gasteiger partial charge is 0.279 e. The summed E-state index contributed by atoms with van der Waals surface area (Å²) in [5.41, 5.74) is 2.08. The summed E-state index contributed by atoms with van der Waals surface area (Å²) >= 11 is 0. The monoisotopic (exact) mass is 228 g/mol. The molecule has 5 heteroatoms. The maximum atomic E-state index is 11.4. The normalized spacial score (nSPS) is 12.0. The van der Waals surface area contributed by atoms with Crippen LogP contribution in [0.2, 0.25) is 0 Å². The van der Waals surface area contributed by atoms with Gasteiger partial charge in [0.05, 0.1) is 0 Å². The third kappa shape index (κ3) is 3.62. The first-order valence-electron chi connectivity index (χ1n) is 4.64. The Morgan fingerprint density at radius 3 is 2.53 bits per heavy atom. The molecule has 0 unspecified atom stereocenters. The van der Waals surface area contributed by atoms with Crippen LogP contribution in [0.1, 0.15) is 11.1 Å². The number of aryl methyl sites for hydroxylation is 1. The standard InChI is InChI=1S/C10H16N2O2S/c1-9-5-4-6-10(7-9)8-11-15(13,14)12(2)3/h4-7,11H,8H2,1-3H3. The minimum Gasteiger partial charge on any atom is -0.198 e. The van der Waals surface area contributed by atoms with E-state index in [-0.39, 0.29) is 0 Å². The fourth-order valence-electron chi connectivity index (χ4n) is 1.13. The second-order valence-corrected chi connectivity index (χ2v) is 5.57. The minimum atomic E-state index is -3.33. The van der Waals surface area contributed by atoms with Crippen molar-refractivity contribution in [3.63, 3.8) is 0 Å². The lowest BCUT2D eigenvalue weighted by molar-refractivity contribution is 0.505. The molecule has 15 heavy (non-hydrogen) atoms. The van der Waals surface area contributed by atoms with E-state index < -0.39 is 10.2 Å². The Bertz CT molecular complexity index is 427. The molecule has 0 saturated carbocycles. The number of rotatable bonds is 4. The predicted molar refractivity (Wildman–Crippen MR) is 60.6 cm³/mol. The van der Waals surface area contributed by atoms with Crippen molar-refractivity contribution in [2.45, 2.75) is 13.5 Å². The molecule has 4 nitrogen and oxygen atoms in total. The molecule has 0 heterocycles. The molecule has 1 N–H and O–H groups in total. The molecular formula is C10H16N2O2S. The highest BCUT2D eigenvalue weighted by Gasteiger charge is 2.11. The summed E-state index contributed by atoms with van der Waals surface area (Å²) < 4.78 is 26.5. The molecule has 0 aliphatic carbocycles. The van der Waals surface area contributed by atoms with Crippen LogP contribution in [0.25, 0.3) is 0 Å². The van der Waals surface area contributed by atoms with Crippen LogP contribution < -0.4 is 4.72 Å². The van der Waals surface area contributed by atoms with Crippen molar-refractivity contribution in [2.24, 2.45) is 0 Å². The van der Waals surface area contributed by atoms with Gasteiger partial charge in [0.2, 0.25) is 0 Å². The Morgan fingerprint density at radius 1 is 1.33 bits per heavy atom. The molecule has 1 rings (SSSR count). The summed E-state index contributed by atoms with van der Waals surface area (Å²) in [6, 6.07) is 7.74. The topological polar surface area (TPSA) is 49.4 Å². The van der Waals surface area contributed by atoms with Crippen molar-refractivity contribution < 1.29 is 8.42 Å². The average molecular weight is 228 g/mol. The minimum absolute atomic E-state index is 0.322. The molecule has 84 valence electrons. The number of hydrogen-bond donors (Lipinski definition) is 1. The second kappa shape index (κ2) is 4.74. The first kappa shape index (κ1) is 12.2. The zero-order chi connectivity index (χ0) is 11.5. The van der Waals surface area contributed by atoms with Gasteiger partial charge in [-0.3, -0.25) is 0 Å². The number of hydrogen-bond acceptors (Lipinski definition) is 2. The van der Waals surface area contributed by atoms with E-state index in [4.69, 9.17) is 0 Å². The van der Waals surface area contributed by atoms with Gasteiger partial charge in [-0.1, -0.05) is 29.8 Å². The van der Waals surface area contributed by atoms with Crippen molar-refractivity contribution in [3.05, 3.63) is 35.4 Å². The van der Waals surface area contributed by atoms with E-state index in [0.717, 1.165) is 15.4 Å². The Hall–Kier alpha value is -0.910. The molecule has 0 fully saturated rings. The molecule has 0 amide bonds. The summed E-state index contributed by atoms with van der Waals surface area (Å²) in [6.07, 6.45) is 0. The van der Waals surface area contributed by atoms with E-state index in [9.17, 15) is 8.42 Å². The Balaban J connectivity index is 2.66. The molecule has 0 spiro atoms. The summed E-state index contributed by atoms with van der Waals surface area (Å²) in [5, 5.41) is 0. The van der Waals surface area contributed by atoms with Crippen LogP contribution in [0, 0.1) is 6.92 Å². The van der Waals surface area contributed by atoms with Crippen LogP contribution in [0.15, 0.2) is 24.3 Å². The van der Waals surface area contributed by atoms with Gasteiger partial charge in [-0.05, 0) is 12.5 Å². The lowest BCUT2D eigenvalue weighted by atomic mass is 10.1. The van der Waals surface area contributed by atoms with E-state index in [2.05, 4.69) is 4.72 Å². The van der Waals surface area contributed by atoms with Crippen LogP contribution in [0.5, 0.6) is 0 Å². The average Bonchev–Trinajstić information content (AvgIpc) is 2.15. The summed E-state index contributed by atoms with van der Waals surface area (Å²) in [7, 11) is -0.329. The summed E-state index contributed by atoms with van der Waals surface area (Å²) in [5.74, 6) is 0. The highest BCUT2D eigenvalue weighted by atomic mass is 32.2. The lowest BCUT2D eigenvalue weighted by Gasteiger charge is -2.12. The van der Waals surface area contributed by atoms with Gasteiger partial charge in [0.15, 0.2) is 0 Å². The van der Waals surface area contributed by atoms with E-state index in [1.54, 1.807) is 0 Å². The fourth-order valence-corrected chi connectivity index (χ4v) is 1.73. The molecule has 0 radical (unpaired) electrons. The van der Waals surface area contributed by atoms with E-state index >= 15 is 0 Å². The van der Waals surface area contributed by atoms with Crippen LogP contribution >= 0.6 is 0 Å². The molecular weight excluding hydrogens is 212 g/mol. The SMILES string of the molecule is Cc1cccc(CNS(=O)(=O)N(C)C)c1. The van der Waals surface area contributed by atoms with Crippen molar-refractivity contribution in [3.8, 4) is 0 Å². The molecule has 0 aromatic heterocycles. The van der Waals surface area contributed by atoms with Crippen LogP contribution in [0.3, 0.4) is 0 Å². The molecule has 1 aromatic rings. The Labute approximate surface area is 91.1 Å². The highest BCUT2D eigenvalue weighted by Crippen LogP contribution is 2.04. The predicted octanol–water partition coefficient (Wildman–Crippen LogP) is 0.891. The molecule has 0 aliphatic heterocycles. The molecule has 0 saturated heterocycles. The van der Waals surface area contributed by atoms with Crippen LogP contribution in [0.4, 0.5) is 0 Å². The molecule has 0 aliphatic rings. The van der Waals surface area contributed by atoms with Gasteiger partial charge in [-0.25, -0.2) is 0 Å². The van der Waals surface area contributed by atoms with Gasteiger partial charge in [-0.15, -0.1) is 0 Å². The van der Waals surface area contributed by atoms with E-state index in [0.29, 0.717) is 6.54 Å². The van der Waals surface area contributed by atoms with Gasteiger partial charge in [-0.2, -0.15) is 17.4 Å². The van der Waals surface area contributed by atoms with Gasteiger partial charge in [0.25, 0.3) is 10.2 Å². The first-order valence-corrected chi connectivity index (χ1v) is 6.08. The van der Waals surface area contributed by atoms with Crippen LogP contribution in [-0.2, 0) is 16.8 Å². The van der Waals surface area contributed by atoms with Gasteiger partial charge in [0.1, 0.15) is 0 Å². The summed E-state index contributed by atoms with van der Waals surface area (Å²) in [6.45, 7) is 2.30. The second-order valence-electron chi connectivity index (χ2n) is 3.60. The van der Waals surface area contributed by atoms with Crippen molar-refractivity contribution in [1.82, 2.24) is 9.03 Å². The third-order valence-corrected chi connectivity index (χ3v) is 3.49. The number of nitrogens with zero attached hydrogens (tertiary/aromatic N) is 1. The quantitative estimate of drug-likeness (QED) is 0.832. The van der Waals surface area contributed by atoms with Crippen molar-refractivity contribution in [1.29, 1.82) is 0 Å². The smallest absolute Gasteiger partial charge is 0.198 e. The molecule has 0 atom stereocenters. The molecule has 0 bridgehead atoms. The Kier molecular flexibility index (Phi) is 3.84. The zero-order valence-corrected chi connectivity index (χ0v) is 10.0. The van der Waals surface area contributed by atoms with E-state index in [1.807, 2.05) is 31.2 Å². The van der Waals surface area contributed by atoms with Gasteiger partial charge >= 0.3 is 0 Å². The third-order valence-electron chi connectivity index (χ3n) is 2.02. The first-order chi connectivity index (χ1) is 6.92. The maximum absolute atomic E-state index is 11.4. The molecule has 1 aromatic carbocycles. The van der Waals surface area contributed by atoms with Crippen molar-refractivity contribution >= 4 is 10.2 Å². The van der Waals surface area contributed by atoms with Gasteiger partial charge < -0.3 is 0 Å². The summed E-state index contributed by atoms with van der Waals surface area (Å²) in [4.78, 5) is 0. The highest BCUT2D eigenvalue weighted by molar-refractivity contribution is 7.87. The lowest BCUT2D eigenvalue weighted by Crippen LogP contribution is -2.35. The van der Waals surface area contributed by atoms with Gasteiger partial charge in [0, 0.05) is 20.6 Å². The van der Waals surface area contributed by atoms with Crippen molar-refractivity contribution in [2.75, 3.05) is 14.1 Å². The van der Waals surface area contributed by atoms with E-state index in [1.165, 1.54) is 14.1 Å².